The van der Waals surface area contributed by atoms with E-state index in [-0.39, 0.29) is 0 Å². The van der Waals surface area contributed by atoms with Crippen LogP contribution in [0.15, 0.2) is 12.1 Å². The normalized spacial score (nSPS) is 11.7. The maximum atomic E-state index is 4.91. The lowest BCUT2D eigenvalue weighted by Crippen LogP contribution is -2.35. The standard InChI is InChI=1S/C18H33N3/c1-8-19-11-16-9-17(14(4)5)20-18(10-16)21(15(6)7)12-13(2)3/h9-10,13-15,19H,8,11-12H2,1-7H3. The summed E-state index contributed by atoms with van der Waals surface area (Å²) in [6.07, 6.45) is 0. The number of aromatic nitrogens is 1. The first-order valence-corrected chi connectivity index (χ1v) is 8.33. The topological polar surface area (TPSA) is 28.2 Å². The Bertz CT molecular complexity index is 424. The maximum Gasteiger partial charge on any atom is 0.129 e. The molecule has 0 fully saturated rings. The van der Waals surface area contributed by atoms with Crippen LogP contribution in [0.1, 0.15) is 65.6 Å². The minimum absolute atomic E-state index is 0.457. The van der Waals surface area contributed by atoms with E-state index >= 15 is 0 Å². The third-order valence-electron chi connectivity index (χ3n) is 3.54. The molecule has 0 bridgehead atoms. The number of nitrogens with one attached hydrogen (secondary N) is 1. The van der Waals surface area contributed by atoms with E-state index in [2.05, 4.69) is 70.8 Å². The fourth-order valence-electron chi connectivity index (χ4n) is 2.37. The number of hydrogen-bond donors (Lipinski definition) is 1. The molecule has 0 radical (unpaired) electrons. The van der Waals surface area contributed by atoms with Gasteiger partial charge in [0.15, 0.2) is 0 Å². The molecule has 0 aliphatic rings. The molecule has 0 atom stereocenters. The van der Waals surface area contributed by atoms with Gasteiger partial charge in [0.25, 0.3) is 0 Å². The lowest BCUT2D eigenvalue weighted by atomic mass is 10.1. The van der Waals surface area contributed by atoms with Crippen molar-refractivity contribution in [2.24, 2.45) is 5.92 Å². The minimum Gasteiger partial charge on any atom is -0.354 e. The van der Waals surface area contributed by atoms with Crippen LogP contribution in [0.2, 0.25) is 0 Å². The van der Waals surface area contributed by atoms with Gasteiger partial charge in [-0.3, -0.25) is 0 Å². The van der Waals surface area contributed by atoms with Crippen LogP contribution in [0.25, 0.3) is 0 Å². The van der Waals surface area contributed by atoms with Crippen molar-refractivity contribution in [2.45, 2.75) is 67.0 Å². The van der Waals surface area contributed by atoms with Crippen molar-refractivity contribution in [3.8, 4) is 0 Å². The van der Waals surface area contributed by atoms with Gasteiger partial charge in [-0.05, 0) is 49.9 Å². The van der Waals surface area contributed by atoms with Crippen LogP contribution in [0, 0.1) is 5.92 Å². The summed E-state index contributed by atoms with van der Waals surface area (Å²) < 4.78 is 0. The third kappa shape index (κ3) is 5.66. The van der Waals surface area contributed by atoms with E-state index in [1.165, 1.54) is 11.3 Å². The lowest BCUT2D eigenvalue weighted by Gasteiger charge is -2.30. The predicted octanol–water partition coefficient (Wildman–Crippen LogP) is 4.19. The van der Waals surface area contributed by atoms with E-state index in [9.17, 15) is 0 Å². The zero-order valence-corrected chi connectivity index (χ0v) is 14.9. The van der Waals surface area contributed by atoms with Crippen molar-refractivity contribution < 1.29 is 0 Å². The average molecular weight is 291 g/mol. The molecular formula is C18H33N3. The molecule has 0 amide bonds. The molecule has 0 saturated carbocycles. The monoisotopic (exact) mass is 291 g/mol. The quantitative estimate of drug-likeness (QED) is 0.778. The van der Waals surface area contributed by atoms with Crippen molar-refractivity contribution in [3.05, 3.63) is 23.4 Å². The third-order valence-corrected chi connectivity index (χ3v) is 3.54. The number of hydrogen-bond acceptors (Lipinski definition) is 3. The molecule has 0 saturated heterocycles. The summed E-state index contributed by atoms with van der Waals surface area (Å²) in [6, 6.07) is 4.95. The van der Waals surface area contributed by atoms with Crippen LogP contribution in [-0.2, 0) is 6.54 Å². The number of rotatable bonds is 8. The largest absolute Gasteiger partial charge is 0.354 e. The zero-order valence-electron chi connectivity index (χ0n) is 14.9. The highest BCUT2D eigenvalue weighted by Gasteiger charge is 2.16. The molecular weight excluding hydrogens is 258 g/mol. The molecule has 0 aliphatic carbocycles. The van der Waals surface area contributed by atoms with Crippen LogP contribution in [0.4, 0.5) is 5.82 Å². The minimum atomic E-state index is 0.457. The van der Waals surface area contributed by atoms with Gasteiger partial charge in [0.05, 0.1) is 0 Å². The van der Waals surface area contributed by atoms with Crippen molar-refractivity contribution in [1.82, 2.24) is 10.3 Å². The van der Waals surface area contributed by atoms with Gasteiger partial charge in [-0.2, -0.15) is 0 Å². The average Bonchev–Trinajstić information content (AvgIpc) is 2.41. The first kappa shape index (κ1) is 18.0. The zero-order chi connectivity index (χ0) is 16.0. The Hall–Kier alpha value is -1.09. The van der Waals surface area contributed by atoms with E-state index in [0.717, 1.165) is 25.5 Å². The number of nitrogens with zero attached hydrogens (tertiary/aromatic N) is 2. The summed E-state index contributed by atoms with van der Waals surface area (Å²) in [5.74, 6) is 2.21. The fourth-order valence-corrected chi connectivity index (χ4v) is 2.37. The molecule has 1 aromatic rings. The maximum absolute atomic E-state index is 4.91. The van der Waals surface area contributed by atoms with E-state index in [4.69, 9.17) is 4.98 Å². The van der Waals surface area contributed by atoms with Crippen LogP contribution >= 0.6 is 0 Å². The Balaban J connectivity index is 3.14. The number of pyridine rings is 1. The highest BCUT2D eigenvalue weighted by molar-refractivity contribution is 5.44. The van der Waals surface area contributed by atoms with E-state index in [1.54, 1.807) is 0 Å². The molecule has 1 aromatic heterocycles. The van der Waals surface area contributed by atoms with Crippen LogP contribution in [0.5, 0.6) is 0 Å². The Morgan fingerprint density at radius 1 is 1.10 bits per heavy atom. The molecule has 0 spiro atoms. The van der Waals surface area contributed by atoms with E-state index in [0.29, 0.717) is 17.9 Å². The van der Waals surface area contributed by atoms with Gasteiger partial charge in [-0.1, -0.05) is 34.6 Å². The van der Waals surface area contributed by atoms with Gasteiger partial charge >= 0.3 is 0 Å². The smallest absolute Gasteiger partial charge is 0.129 e. The molecule has 3 heteroatoms. The SMILES string of the molecule is CCNCc1cc(C(C)C)nc(N(CC(C)C)C(C)C)c1. The molecule has 0 aromatic carbocycles. The van der Waals surface area contributed by atoms with Gasteiger partial charge in [0.1, 0.15) is 5.82 Å². The highest BCUT2D eigenvalue weighted by Crippen LogP contribution is 2.22. The molecule has 0 unspecified atom stereocenters. The Labute approximate surface area is 131 Å². The van der Waals surface area contributed by atoms with Gasteiger partial charge in [0, 0.05) is 24.8 Å². The van der Waals surface area contributed by atoms with Crippen LogP contribution in [0.3, 0.4) is 0 Å². The molecule has 1 heterocycles. The van der Waals surface area contributed by atoms with Gasteiger partial charge < -0.3 is 10.2 Å². The van der Waals surface area contributed by atoms with Crippen molar-refractivity contribution >= 4 is 5.82 Å². The summed E-state index contributed by atoms with van der Waals surface area (Å²) in [7, 11) is 0. The second-order valence-electron chi connectivity index (χ2n) is 6.83. The van der Waals surface area contributed by atoms with Gasteiger partial charge in [-0.15, -0.1) is 0 Å². The van der Waals surface area contributed by atoms with Crippen LogP contribution < -0.4 is 10.2 Å². The molecule has 120 valence electrons. The lowest BCUT2D eigenvalue weighted by molar-refractivity contribution is 0.564. The highest BCUT2D eigenvalue weighted by atomic mass is 15.2. The summed E-state index contributed by atoms with van der Waals surface area (Å²) in [5, 5.41) is 3.42. The summed E-state index contributed by atoms with van der Waals surface area (Å²) in [5.41, 5.74) is 2.52. The van der Waals surface area contributed by atoms with E-state index < -0.39 is 0 Å². The van der Waals surface area contributed by atoms with Crippen molar-refractivity contribution in [1.29, 1.82) is 0 Å². The Kier molecular flexibility index (Phi) is 7.16. The Morgan fingerprint density at radius 2 is 1.76 bits per heavy atom. The molecule has 21 heavy (non-hydrogen) atoms. The fraction of sp³-hybridized carbons (Fsp3) is 0.722. The predicted molar refractivity (Wildman–Crippen MR) is 93.0 cm³/mol. The first-order chi connectivity index (χ1) is 9.85. The van der Waals surface area contributed by atoms with Crippen molar-refractivity contribution in [3.63, 3.8) is 0 Å². The molecule has 1 rings (SSSR count). The molecule has 0 aliphatic heterocycles. The van der Waals surface area contributed by atoms with Gasteiger partial charge in [-0.25, -0.2) is 4.98 Å². The number of anilines is 1. The molecule has 3 nitrogen and oxygen atoms in total. The Morgan fingerprint density at radius 3 is 2.24 bits per heavy atom. The summed E-state index contributed by atoms with van der Waals surface area (Å²) in [6.45, 7) is 18.6. The second kappa shape index (κ2) is 8.38. The van der Waals surface area contributed by atoms with Crippen LogP contribution in [-0.4, -0.2) is 24.1 Å². The van der Waals surface area contributed by atoms with Gasteiger partial charge in [0.2, 0.25) is 0 Å². The van der Waals surface area contributed by atoms with E-state index in [1.807, 2.05) is 0 Å². The second-order valence-corrected chi connectivity index (χ2v) is 6.83. The first-order valence-electron chi connectivity index (χ1n) is 8.33. The molecule has 1 N–H and O–H groups in total. The summed E-state index contributed by atoms with van der Waals surface area (Å²) >= 11 is 0. The van der Waals surface area contributed by atoms with Crippen molar-refractivity contribution in [2.75, 3.05) is 18.0 Å². The summed E-state index contributed by atoms with van der Waals surface area (Å²) in [4.78, 5) is 7.34.